The number of aromatic nitrogens is 3. The van der Waals surface area contributed by atoms with Crippen molar-refractivity contribution < 1.29 is 23.0 Å². The van der Waals surface area contributed by atoms with Gasteiger partial charge in [-0.25, -0.2) is 19.7 Å². The minimum absolute atomic E-state index is 0.250. The van der Waals surface area contributed by atoms with Crippen LogP contribution in [0.3, 0.4) is 0 Å². The zero-order valence-corrected chi connectivity index (χ0v) is 19.5. The van der Waals surface area contributed by atoms with E-state index in [2.05, 4.69) is 14.7 Å². The second kappa shape index (κ2) is 8.51. The molecular weight excluding hydrogens is 450 g/mol. The Labute approximate surface area is 193 Å². The van der Waals surface area contributed by atoms with E-state index in [9.17, 15) is 13.6 Å². The van der Waals surface area contributed by atoms with Gasteiger partial charge in [-0.15, -0.1) is 11.3 Å². The predicted octanol–water partition coefficient (Wildman–Crippen LogP) is 6.19. The third kappa shape index (κ3) is 4.85. The highest BCUT2D eigenvalue weighted by atomic mass is 32.1. The summed E-state index contributed by atoms with van der Waals surface area (Å²) >= 11 is 1.40. The van der Waals surface area contributed by atoms with Crippen LogP contribution in [0.1, 0.15) is 26.3 Å². The van der Waals surface area contributed by atoms with E-state index in [0.717, 1.165) is 10.3 Å². The standard InChI is InChI=1S/C23H22F2N4O3S/c1-12-9-13(18-15(10-12)27-17(11-26-18)31-21(24)25)20-28-14-7-6-8-16(19(14)33-20)29(5)22(30)32-23(2,3)4/h6-11,21H,1-5H3. The summed E-state index contributed by atoms with van der Waals surface area (Å²) in [5.74, 6) is -0.250. The number of hydrogen-bond acceptors (Lipinski definition) is 7. The monoisotopic (exact) mass is 472 g/mol. The van der Waals surface area contributed by atoms with E-state index in [4.69, 9.17) is 9.72 Å². The summed E-state index contributed by atoms with van der Waals surface area (Å²) in [6, 6.07) is 9.18. The van der Waals surface area contributed by atoms with Crippen molar-refractivity contribution in [2.24, 2.45) is 0 Å². The lowest BCUT2D eigenvalue weighted by Gasteiger charge is -2.24. The van der Waals surface area contributed by atoms with Crippen LogP contribution < -0.4 is 9.64 Å². The number of anilines is 1. The molecule has 2 heterocycles. The Hall–Kier alpha value is -3.40. The molecule has 0 unspecified atom stereocenters. The summed E-state index contributed by atoms with van der Waals surface area (Å²) in [7, 11) is 1.65. The average Bonchev–Trinajstić information content (AvgIpc) is 3.14. The van der Waals surface area contributed by atoms with Crippen LogP contribution in [-0.4, -0.2) is 40.3 Å². The molecule has 2 aromatic carbocycles. The van der Waals surface area contributed by atoms with Crippen molar-refractivity contribution in [1.82, 2.24) is 15.0 Å². The number of amides is 1. The van der Waals surface area contributed by atoms with Gasteiger partial charge in [-0.1, -0.05) is 6.07 Å². The third-order valence-corrected chi connectivity index (χ3v) is 5.76. The number of rotatable bonds is 4. The first-order valence-corrected chi connectivity index (χ1v) is 10.9. The Balaban J connectivity index is 1.80. The Morgan fingerprint density at radius 1 is 1.15 bits per heavy atom. The molecule has 0 fully saturated rings. The second-order valence-electron chi connectivity index (χ2n) is 8.45. The summed E-state index contributed by atoms with van der Waals surface area (Å²) in [5, 5.41) is 0.667. The SMILES string of the molecule is Cc1cc(-c2nc3cccc(N(C)C(=O)OC(C)(C)C)c3s2)c2ncc(OC(F)F)nc2c1. The van der Waals surface area contributed by atoms with E-state index in [1.54, 1.807) is 13.1 Å². The van der Waals surface area contributed by atoms with E-state index >= 15 is 0 Å². The third-order valence-electron chi connectivity index (χ3n) is 4.63. The molecule has 0 bridgehead atoms. The summed E-state index contributed by atoms with van der Waals surface area (Å²) in [6.45, 7) is 4.33. The molecule has 0 saturated carbocycles. The number of benzene rings is 2. The van der Waals surface area contributed by atoms with Crippen LogP contribution in [-0.2, 0) is 4.74 Å². The van der Waals surface area contributed by atoms with Crippen molar-refractivity contribution in [2.45, 2.75) is 39.9 Å². The number of hydrogen-bond donors (Lipinski definition) is 0. The molecule has 0 aliphatic carbocycles. The minimum atomic E-state index is -2.98. The van der Waals surface area contributed by atoms with Crippen LogP contribution in [0.2, 0.25) is 0 Å². The smallest absolute Gasteiger partial charge is 0.414 e. The van der Waals surface area contributed by atoms with E-state index in [0.29, 0.717) is 32.8 Å². The predicted molar refractivity (Wildman–Crippen MR) is 124 cm³/mol. The number of thiazole rings is 1. The quantitative estimate of drug-likeness (QED) is 0.353. The molecule has 0 aliphatic heterocycles. The fourth-order valence-electron chi connectivity index (χ4n) is 3.30. The number of halogens is 2. The zero-order chi connectivity index (χ0) is 23.9. The van der Waals surface area contributed by atoms with Crippen molar-refractivity contribution in [3.05, 3.63) is 42.1 Å². The molecule has 7 nitrogen and oxygen atoms in total. The van der Waals surface area contributed by atoms with E-state index in [1.165, 1.54) is 22.4 Å². The highest BCUT2D eigenvalue weighted by Crippen LogP contribution is 2.39. The first-order chi connectivity index (χ1) is 15.5. The van der Waals surface area contributed by atoms with Gasteiger partial charge >= 0.3 is 12.7 Å². The summed E-state index contributed by atoms with van der Waals surface area (Å²) < 4.78 is 35.8. The number of aryl methyl sites for hydroxylation is 1. The van der Waals surface area contributed by atoms with Crippen LogP contribution in [0.15, 0.2) is 36.5 Å². The number of fused-ring (bicyclic) bond motifs is 2. The normalized spacial score (nSPS) is 11.9. The maximum atomic E-state index is 12.6. The van der Waals surface area contributed by atoms with E-state index in [-0.39, 0.29) is 5.88 Å². The van der Waals surface area contributed by atoms with Crippen molar-refractivity contribution in [2.75, 3.05) is 11.9 Å². The van der Waals surface area contributed by atoms with Crippen molar-refractivity contribution in [3.63, 3.8) is 0 Å². The number of carbonyl (C=O) groups excluding carboxylic acids is 1. The number of alkyl halides is 2. The summed E-state index contributed by atoms with van der Waals surface area (Å²) in [6.07, 6.45) is 0.700. The molecule has 10 heteroatoms. The fraction of sp³-hybridized carbons (Fsp3) is 0.304. The van der Waals surface area contributed by atoms with Crippen molar-refractivity contribution in [1.29, 1.82) is 0 Å². The summed E-state index contributed by atoms with van der Waals surface area (Å²) in [4.78, 5) is 27.3. The zero-order valence-electron chi connectivity index (χ0n) is 18.7. The van der Waals surface area contributed by atoms with Crippen LogP contribution in [0, 0.1) is 6.92 Å². The fourth-order valence-corrected chi connectivity index (χ4v) is 4.43. The van der Waals surface area contributed by atoms with Crippen molar-refractivity contribution >= 4 is 44.4 Å². The van der Waals surface area contributed by atoms with Gasteiger partial charge in [-0.05, 0) is 57.5 Å². The van der Waals surface area contributed by atoms with Gasteiger partial charge in [0.1, 0.15) is 10.6 Å². The maximum Gasteiger partial charge on any atom is 0.414 e. The van der Waals surface area contributed by atoms with Gasteiger partial charge in [-0.3, -0.25) is 4.90 Å². The molecule has 0 radical (unpaired) electrons. The van der Waals surface area contributed by atoms with Gasteiger partial charge < -0.3 is 9.47 Å². The van der Waals surface area contributed by atoms with E-state index in [1.807, 2.05) is 52.0 Å². The van der Waals surface area contributed by atoms with Gasteiger partial charge in [0.15, 0.2) is 0 Å². The molecule has 4 rings (SSSR count). The van der Waals surface area contributed by atoms with Crippen molar-refractivity contribution in [3.8, 4) is 16.5 Å². The highest BCUT2D eigenvalue weighted by Gasteiger charge is 2.23. The Kier molecular flexibility index (Phi) is 5.87. The summed E-state index contributed by atoms with van der Waals surface area (Å²) in [5.41, 5.74) is 3.28. The number of ether oxygens (including phenoxy) is 2. The van der Waals surface area contributed by atoms with Gasteiger partial charge in [0.2, 0.25) is 5.88 Å². The number of nitrogens with zero attached hydrogens (tertiary/aromatic N) is 4. The molecule has 33 heavy (non-hydrogen) atoms. The molecular formula is C23H22F2N4O3S. The van der Waals surface area contributed by atoms with Crippen LogP contribution in [0.5, 0.6) is 5.88 Å². The molecule has 0 aliphatic rings. The molecule has 0 N–H and O–H groups in total. The topological polar surface area (TPSA) is 77.4 Å². The molecule has 2 aromatic heterocycles. The van der Waals surface area contributed by atoms with Gasteiger partial charge in [0.05, 0.1) is 33.1 Å². The van der Waals surface area contributed by atoms with Gasteiger partial charge in [0.25, 0.3) is 0 Å². The largest absolute Gasteiger partial charge is 0.443 e. The second-order valence-corrected chi connectivity index (χ2v) is 9.45. The average molecular weight is 473 g/mol. The lowest BCUT2D eigenvalue weighted by atomic mass is 10.1. The lowest BCUT2D eigenvalue weighted by Crippen LogP contribution is -2.34. The molecule has 172 valence electrons. The molecule has 1 amide bonds. The number of carbonyl (C=O) groups is 1. The van der Waals surface area contributed by atoms with Crippen LogP contribution >= 0.6 is 11.3 Å². The Morgan fingerprint density at radius 3 is 2.61 bits per heavy atom. The van der Waals surface area contributed by atoms with Crippen LogP contribution in [0.4, 0.5) is 19.3 Å². The Morgan fingerprint density at radius 2 is 1.91 bits per heavy atom. The van der Waals surface area contributed by atoms with Gasteiger partial charge in [0, 0.05) is 12.6 Å². The molecule has 0 atom stereocenters. The Bertz CT molecular complexity index is 1350. The minimum Gasteiger partial charge on any atom is -0.443 e. The van der Waals surface area contributed by atoms with Gasteiger partial charge in [-0.2, -0.15) is 8.78 Å². The first-order valence-electron chi connectivity index (χ1n) is 10.1. The lowest BCUT2D eigenvalue weighted by molar-refractivity contribution is -0.0528. The van der Waals surface area contributed by atoms with E-state index < -0.39 is 18.3 Å². The molecule has 0 saturated heterocycles. The highest BCUT2D eigenvalue weighted by molar-refractivity contribution is 7.22. The maximum absolute atomic E-state index is 12.6. The first kappa shape index (κ1) is 22.8. The van der Waals surface area contributed by atoms with Crippen LogP contribution in [0.25, 0.3) is 31.8 Å². The molecule has 0 spiro atoms. The molecule has 4 aromatic rings.